The van der Waals surface area contributed by atoms with Crippen molar-refractivity contribution in [2.75, 3.05) is 0 Å². The molecule has 0 saturated carbocycles. The zero-order valence-corrected chi connectivity index (χ0v) is 11.0. The van der Waals surface area contributed by atoms with E-state index in [4.69, 9.17) is 49.7 Å². The standard InChI is InChI=1S/C12H5B5N2O2/c13-6-7(14)9(16)11(10(17)8(6)15)21-4-1-2-19-5(3-4)12(18)20/h1-3H,(H2,18,20). The van der Waals surface area contributed by atoms with E-state index < -0.39 is 5.91 Å². The number of pyridine rings is 1. The Balaban J connectivity index is 2.50. The zero-order chi connectivity index (χ0) is 15.7. The monoisotopic (exact) mass is 264 g/mol. The summed E-state index contributed by atoms with van der Waals surface area (Å²) >= 11 is 0. The molecule has 10 radical (unpaired) electrons. The van der Waals surface area contributed by atoms with Crippen molar-refractivity contribution in [1.29, 1.82) is 0 Å². The van der Waals surface area contributed by atoms with E-state index >= 15 is 0 Å². The highest BCUT2D eigenvalue weighted by Gasteiger charge is 2.13. The lowest BCUT2D eigenvalue weighted by Gasteiger charge is -2.21. The summed E-state index contributed by atoms with van der Waals surface area (Å²) < 4.78 is 5.53. The molecule has 0 atom stereocenters. The molecule has 9 heteroatoms. The molecule has 1 heterocycles. The number of rotatable bonds is 3. The highest BCUT2D eigenvalue weighted by atomic mass is 16.5. The van der Waals surface area contributed by atoms with Crippen LogP contribution in [0.3, 0.4) is 0 Å². The Bertz CT molecular complexity index is 707. The van der Waals surface area contributed by atoms with Crippen molar-refractivity contribution in [2.45, 2.75) is 0 Å². The quantitative estimate of drug-likeness (QED) is 0.573. The summed E-state index contributed by atoms with van der Waals surface area (Å²) in [5, 5.41) is 0. The fraction of sp³-hybridized carbons (Fsp3) is 0. The molecular weight excluding hydrogens is 258 g/mol. The first-order chi connectivity index (χ1) is 9.82. The minimum Gasteiger partial charge on any atom is -0.459 e. The van der Waals surface area contributed by atoms with E-state index in [1.54, 1.807) is 0 Å². The minimum atomic E-state index is -0.697. The van der Waals surface area contributed by atoms with Gasteiger partial charge >= 0.3 is 0 Å². The van der Waals surface area contributed by atoms with Gasteiger partial charge in [-0.3, -0.25) is 9.78 Å². The van der Waals surface area contributed by atoms with Gasteiger partial charge in [-0.2, -0.15) is 0 Å². The van der Waals surface area contributed by atoms with Crippen LogP contribution in [0.5, 0.6) is 11.5 Å². The van der Waals surface area contributed by atoms with Gasteiger partial charge in [0.2, 0.25) is 0 Å². The number of aromatic nitrogens is 1. The molecule has 0 spiro atoms. The number of hydrogen-bond acceptors (Lipinski definition) is 3. The molecule has 0 aliphatic carbocycles. The van der Waals surface area contributed by atoms with Crippen molar-refractivity contribution in [2.24, 2.45) is 5.73 Å². The van der Waals surface area contributed by atoms with Gasteiger partial charge in [0, 0.05) is 12.3 Å². The van der Waals surface area contributed by atoms with Gasteiger partial charge in [-0.1, -0.05) is 10.9 Å². The largest absolute Gasteiger partial charge is 0.459 e. The number of carbonyl (C=O) groups excluding carboxylic acids is 1. The summed E-state index contributed by atoms with van der Waals surface area (Å²) in [7, 11) is 28.8. The van der Waals surface area contributed by atoms with Crippen LogP contribution in [0.25, 0.3) is 0 Å². The first-order valence-electron chi connectivity index (χ1n) is 5.78. The highest BCUT2D eigenvalue weighted by molar-refractivity contribution is 6.67. The molecule has 2 N–H and O–H groups in total. The van der Waals surface area contributed by atoms with Crippen LogP contribution in [0.1, 0.15) is 10.5 Å². The minimum absolute atomic E-state index is 0.0287. The lowest BCUT2D eigenvalue weighted by molar-refractivity contribution is 0.0995. The summed E-state index contributed by atoms with van der Waals surface area (Å²) in [6.07, 6.45) is 1.35. The van der Waals surface area contributed by atoms with Gasteiger partial charge in [0.05, 0.1) is 0 Å². The molecule has 0 bridgehead atoms. The van der Waals surface area contributed by atoms with Crippen molar-refractivity contribution < 1.29 is 9.53 Å². The lowest BCUT2D eigenvalue weighted by atomic mass is 9.62. The topological polar surface area (TPSA) is 65.2 Å². The molecule has 0 aliphatic rings. The Labute approximate surface area is 128 Å². The average Bonchev–Trinajstić information content (AvgIpc) is 2.48. The maximum atomic E-state index is 11.1. The molecular formula is C12H5B5N2O2. The van der Waals surface area contributed by atoms with Crippen molar-refractivity contribution in [1.82, 2.24) is 4.98 Å². The Hall–Kier alpha value is -2.04. The molecule has 90 valence electrons. The van der Waals surface area contributed by atoms with Gasteiger partial charge in [-0.05, 0) is 6.07 Å². The van der Waals surface area contributed by atoms with Gasteiger partial charge < -0.3 is 10.5 Å². The summed E-state index contributed by atoms with van der Waals surface area (Å²) in [5.74, 6) is -0.390. The van der Waals surface area contributed by atoms with E-state index in [0.29, 0.717) is 0 Å². The van der Waals surface area contributed by atoms with Gasteiger partial charge in [-0.15, -0.1) is 16.4 Å². The van der Waals surface area contributed by atoms with Gasteiger partial charge in [-0.25, -0.2) is 0 Å². The van der Waals surface area contributed by atoms with Crippen LogP contribution in [0.4, 0.5) is 0 Å². The molecule has 0 aliphatic heterocycles. The number of primary amides is 1. The normalized spacial score (nSPS) is 10.3. The number of benzene rings is 1. The van der Waals surface area contributed by atoms with Crippen LogP contribution in [0.15, 0.2) is 18.3 Å². The molecule has 0 fully saturated rings. The van der Waals surface area contributed by atoms with Crippen LogP contribution >= 0.6 is 0 Å². The molecule has 4 nitrogen and oxygen atoms in total. The van der Waals surface area contributed by atoms with E-state index in [1.165, 1.54) is 18.3 Å². The van der Waals surface area contributed by atoms with Crippen molar-refractivity contribution in [3.05, 3.63) is 24.0 Å². The summed E-state index contributed by atoms with van der Waals surface area (Å²) in [4.78, 5) is 14.9. The second-order valence-corrected chi connectivity index (χ2v) is 4.24. The third kappa shape index (κ3) is 2.87. The molecule has 21 heavy (non-hydrogen) atoms. The summed E-state index contributed by atoms with van der Waals surface area (Å²) in [6, 6.07) is 2.83. The van der Waals surface area contributed by atoms with Crippen molar-refractivity contribution in [3.8, 4) is 11.5 Å². The fourth-order valence-corrected chi connectivity index (χ4v) is 1.66. The third-order valence-electron chi connectivity index (χ3n) is 2.85. The maximum Gasteiger partial charge on any atom is 0.267 e. The first-order valence-corrected chi connectivity index (χ1v) is 5.78. The average molecular weight is 263 g/mol. The second-order valence-electron chi connectivity index (χ2n) is 4.24. The van der Waals surface area contributed by atoms with Crippen LogP contribution < -0.4 is 37.8 Å². The Morgan fingerprint density at radius 2 is 1.52 bits per heavy atom. The lowest BCUT2D eigenvalue weighted by Crippen LogP contribution is -2.54. The van der Waals surface area contributed by atoms with Crippen LogP contribution in [-0.2, 0) is 0 Å². The second kappa shape index (κ2) is 5.76. The number of hydrogen-bond donors (Lipinski definition) is 1. The number of nitrogens with two attached hydrogens (primary N) is 1. The number of amides is 1. The third-order valence-corrected chi connectivity index (χ3v) is 2.85. The summed E-state index contributed by atoms with van der Waals surface area (Å²) in [5.41, 5.74) is 5.50. The molecule has 1 aromatic heterocycles. The number of carbonyl (C=O) groups is 1. The molecule has 0 saturated heterocycles. The Morgan fingerprint density at radius 1 is 1.00 bits per heavy atom. The Kier molecular flexibility index (Phi) is 4.21. The fourth-order valence-electron chi connectivity index (χ4n) is 1.66. The Morgan fingerprint density at radius 3 is 2.05 bits per heavy atom. The highest BCUT2D eigenvalue weighted by Crippen LogP contribution is 2.16. The molecule has 1 amide bonds. The van der Waals surface area contributed by atoms with E-state index in [2.05, 4.69) is 4.98 Å². The van der Waals surface area contributed by atoms with Crippen LogP contribution in [0.2, 0.25) is 0 Å². The van der Waals surface area contributed by atoms with Crippen molar-refractivity contribution >= 4 is 72.5 Å². The SMILES string of the molecule is [B]c1c([B])c([B])c(Oc2ccnc(C(N)=O)c2)c([B])c1[B]. The molecule has 0 unspecified atom stereocenters. The molecule has 1 aromatic carbocycles. The smallest absolute Gasteiger partial charge is 0.267 e. The van der Waals surface area contributed by atoms with Crippen LogP contribution in [0, 0.1) is 0 Å². The first kappa shape index (κ1) is 15.4. The maximum absolute atomic E-state index is 11.1. The number of nitrogens with zero attached hydrogens (tertiary/aromatic N) is 1. The molecule has 2 aromatic rings. The zero-order valence-electron chi connectivity index (χ0n) is 11.0. The van der Waals surface area contributed by atoms with E-state index in [1.807, 2.05) is 0 Å². The predicted octanol–water partition coefficient (Wildman–Crippen LogP) is -4.06. The summed E-state index contributed by atoms with van der Waals surface area (Å²) in [6.45, 7) is 0. The van der Waals surface area contributed by atoms with E-state index in [0.717, 1.165) is 0 Å². The molecule has 2 rings (SSSR count). The van der Waals surface area contributed by atoms with Crippen molar-refractivity contribution in [3.63, 3.8) is 0 Å². The van der Waals surface area contributed by atoms with E-state index in [-0.39, 0.29) is 44.5 Å². The van der Waals surface area contributed by atoms with Gasteiger partial charge in [0.15, 0.2) is 0 Å². The van der Waals surface area contributed by atoms with Crippen LogP contribution in [-0.4, -0.2) is 50.1 Å². The van der Waals surface area contributed by atoms with E-state index in [9.17, 15) is 4.79 Å². The number of ether oxygens (including phenoxy) is 1. The van der Waals surface area contributed by atoms with Gasteiger partial charge in [0.25, 0.3) is 5.91 Å². The predicted molar refractivity (Wildman–Crippen MR) is 86.2 cm³/mol. The van der Waals surface area contributed by atoms with Gasteiger partial charge in [0.1, 0.15) is 56.4 Å².